The standard InChI is InChI=1S/C25H25ClFN3O5S/c1-17-7-10-20(11-8-17)36(32,33)30(15-21-22(26)5-4-6-23(21)27)16-25(31)29-28-14-18-13-19(34-2)9-12-24(18)35-3/h4-14H,15-16H2,1-3H3,(H,29,31). The molecule has 3 rings (SSSR count). The van der Waals surface area contributed by atoms with Crippen molar-refractivity contribution in [1.29, 1.82) is 0 Å². The summed E-state index contributed by atoms with van der Waals surface area (Å²) in [5.41, 5.74) is 3.64. The first-order valence-electron chi connectivity index (χ1n) is 10.7. The van der Waals surface area contributed by atoms with Crippen molar-refractivity contribution in [3.8, 4) is 11.5 Å². The molecule has 0 heterocycles. The zero-order valence-electron chi connectivity index (χ0n) is 19.9. The van der Waals surface area contributed by atoms with Crippen molar-refractivity contribution in [2.45, 2.75) is 18.4 Å². The summed E-state index contributed by atoms with van der Waals surface area (Å²) in [6.07, 6.45) is 1.34. The second-order valence-electron chi connectivity index (χ2n) is 7.69. The van der Waals surface area contributed by atoms with Gasteiger partial charge in [-0.15, -0.1) is 0 Å². The number of hydrazone groups is 1. The normalized spacial score (nSPS) is 11.6. The summed E-state index contributed by atoms with van der Waals surface area (Å²) in [4.78, 5) is 12.7. The fourth-order valence-corrected chi connectivity index (χ4v) is 4.84. The highest BCUT2D eigenvalue weighted by atomic mass is 35.5. The summed E-state index contributed by atoms with van der Waals surface area (Å²) in [7, 11) is -1.19. The minimum Gasteiger partial charge on any atom is -0.497 e. The molecule has 1 N–H and O–H groups in total. The highest BCUT2D eigenvalue weighted by Gasteiger charge is 2.28. The average molecular weight is 534 g/mol. The van der Waals surface area contributed by atoms with Gasteiger partial charge in [0.15, 0.2) is 0 Å². The van der Waals surface area contributed by atoms with Crippen LogP contribution in [-0.4, -0.2) is 45.6 Å². The third-order valence-electron chi connectivity index (χ3n) is 5.20. The number of hydrogen-bond donors (Lipinski definition) is 1. The summed E-state index contributed by atoms with van der Waals surface area (Å²) in [6, 6.07) is 15.2. The van der Waals surface area contributed by atoms with E-state index in [-0.39, 0.29) is 15.5 Å². The average Bonchev–Trinajstić information content (AvgIpc) is 2.85. The molecule has 0 spiro atoms. The number of rotatable bonds is 10. The first-order chi connectivity index (χ1) is 17.1. The molecule has 1 amide bonds. The molecule has 190 valence electrons. The Labute approximate surface area is 214 Å². The van der Waals surface area contributed by atoms with E-state index >= 15 is 0 Å². The molecule has 0 radical (unpaired) electrons. The molecule has 8 nitrogen and oxygen atoms in total. The van der Waals surface area contributed by atoms with E-state index in [0.717, 1.165) is 9.87 Å². The van der Waals surface area contributed by atoms with Crippen molar-refractivity contribution in [2.75, 3.05) is 20.8 Å². The number of ether oxygens (including phenoxy) is 2. The van der Waals surface area contributed by atoms with E-state index in [2.05, 4.69) is 10.5 Å². The van der Waals surface area contributed by atoms with E-state index in [1.54, 1.807) is 30.3 Å². The van der Waals surface area contributed by atoms with Crippen LogP contribution in [0.2, 0.25) is 5.02 Å². The Morgan fingerprint density at radius 2 is 1.83 bits per heavy atom. The van der Waals surface area contributed by atoms with Gasteiger partial charge in [-0.2, -0.15) is 9.41 Å². The molecule has 0 aliphatic heterocycles. The molecule has 0 saturated carbocycles. The lowest BCUT2D eigenvalue weighted by Gasteiger charge is -2.22. The van der Waals surface area contributed by atoms with Gasteiger partial charge in [-0.3, -0.25) is 4.79 Å². The summed E-state index contributed by atoms with van der Waals surface area (Å²) < 4.78 is 52.5. The van der Waals surface area contributed by atoms with E-state index in [1.807, 2.05) is 6.92 Å². The minimum atomic E-state index is -4.18. The van der Waals surface area contributed by atoms with E-state index in [4.69, 9.17) is 21.1 Å². The lowest BCUT2D eigenvalue weighted by Crippen LogP contribution is -2.39. The maximum absolute atomic E-state index is 14.5. The van der Waals surface area contributed by atoms with Crippen molar-refractivity contribution in [3.63, 3.8) is 0 Å². The van der Waals surface area contributed by atoms with Gasteiger partial charge < -0.3 is 9.47 Å². The third-order valence-corrected chi connectivity index (χ3v) is 7.36. The molecule has 0 aromatic heterocycles. The van der Waals surface area contributed by atoms with Gasteiger partial charge in [0.1, 0.15) is 17.3 Å². The lowest BCUT2D eigenvalue weighted by molar-refractivity contribution is -0.121. The lowest BCUT2D eigenvalue weighted by atomic mass is 10.2. The minimum absolute atomic E-state index is 0.0435. The molecule has 0 bridgehead atoms. The van der Waals surface area contributed by atoms with E-state index in [1.165, 1.54) is 50.8 Å². The smallest absolute Gasteiger partial charge is 0.255 e. The Bertz CT molecular complexity index is 1340. The molecule has 0 fully saturated rings. The monoisotopic (exact) mass is 533 g/mol. The van der Waals surface area contributed by atoms with Gasteiger partial charge in [-0.05, 0) is 49.4 Å². The number of sulfonamides is 1. The Kier molecular flexibility index (Phi) is 9.03. The Balaban J connectivity index is 1.85. The van der Waals surface area contributed by atoms with Crippen molar-refractivity contribution < 1.29 is 27.1 Å². The molecule has 11 heteroatoms. The predicted molar refractivity (Wildman–Crippen MR) is 135 cm³/mol. The van der Waals surface area contributed by atoms with Crippen LogP contribution in [0.15, 0.2) is 70.7 Å². The van der Waals surface area contributed by atoms with Gasteiger partial charge >= 0.3 is 0 Å². The molecule has 3 aromatic carbocycles. The Hall–Kier alpha value is -3.47. The maximum atomic E-state index is 14.5. The van der Waals surface area contributed by atoms with E-state index in [0.29, 0.717) is 17.1 Å². The summed E-state index contributed by atoms with van der Waals surface area (Å²) >= 11 is 6.12. The van der Waals surface area contributed by atoms with Crippen LogP contribution in [0.3, 0.4) is 0 Å². The van der Waals surface area contributed by atoms with Gasteiger partial charge in [-0.1, -0.05) is 35.4 Å². The Morgan fingerprint density at radius 3 is 2.47 bits per heavy atom. The summed E-state index contributed by atoms with van der Waals surface area (Å²) in [5, 5.41) is 3.95. The topological polar surface area (TPSA) is 97.3 Å². The van der Waals surface area contributed by atoms with Gasteiger partial charge in [0.25, 0.3) is 5.91 Å². The number of hydrogen-bond acceptors (Lipinski definition) is 6. The highest BCUT2D eigenvalue weighted by Crippen LogP contribution is 2.25. The predicted octanol–water partition coefficient (Wildman–Crippen LogP) is 4.15. The maximum Gasteiger partial charge on any atom is 0.255 e. The van der Waals surface area contributed by atoms with Crippen molar-refractivity contribution in [2.24, 2.45) is 5.10 Å². The highest BCUT2D eigenvalue weighted by molar-refractivity contribution is 7.89. The second kappa shape index (κ2) is 12.0. The quantitative estimate of drug-likeness (QED) is 0.312. The number of carbonyl (C=O) groups is 1. The number of aryl methyl sites for hydroxylation is 1. The second-order valence-corrected chi connectivity index (χ2v) is 10.0. The van der Waals surface area contributed by atoms with Gasteiger partial charge in [0, 0.05) is 22.7 Å². The summed E-state index contributed by atoms with van der Waals surface area (Å²) in [5.74, 6) is -0.376. The van der Waals surface area contributed by atoms with Gasteiger partial charge in [0.2, 0.25) is 10.0 Å². The number of carbonyl (C=O) groups excluding carboxylic acids is 1. The summed E-state index contributed by atoms with van der Waals surface area (Å²) in [6.45, 7) is 0.728. The van der Waals surface area contributed by atoms with Crippen LogP contribution >= 0.6 is 11.6 Å². The molecule has 0 saturated heterocycles. The zero-order chi connectivity index (χ0) is 26.3. The van der Waals surface area contributed by atoms with Crippen molar-refractivity contribution >= 4 is 33.7 Å². The largest absolute Gasteiger partial charge is 0.497 e. The van der Waals surface area contributed by atoms with Crippen LogP contribution in [0, 0.1) is 12.7 Å². The fourth-order valence-electron chi connectivity index (χ4n) is 3.25. The third kappa shape index (κ3) is 6.60. The molecule has 0 atom stereocenters. The van der Waals surface area contributed by atoms with Crippen LogP contribution < -0.4 is 14.9 Å². The molecule has 36 heavy (non-hydrogen) atoms. The molecule has 3 aromatic rings. The molecular formula is C25H25ClFN3O5S. The van der Waals surface area contributed by atoms with Crippen LogP contribution in [0.1, 0.15) is 16.7 Å². The van der Waals surface area contributed by atoms with Crippen LogP contribution in [-0.2, 0) is 21.4 Å². The Morgan fingerprint density at radius 1 is 1.11 bits per heavy atom. The van der Waals surface area contributed by atoms with Gasteiger partial charge in [-0.25, -0.2) is 18.2 Å². The molecule has 0 aliphatic rings. The molecule has 0 aliphatic carbocycles. The van der Waals surface area contributed by atoms with Gasteiger partial charge in [0.05, 0.1) is 31.9 Å². The first kappa shape index (κ1) is 27.1. The number of nitrogens with zero attached hydrogens (tertiary/aromatic N) is 2. The number of nitrogens with one attached hydrogen (secondary N) is 1. The number of halogens is 2. The zero-order valence-corrected chi connectivity index (χ0v) is 21.4. The van der Waals surface area contributed by atoms with Crippen LogP contribution in [0.4, 0.5) is 4.39 Å². The van der Waals surface area contributed by atoms with Crippen molar-refractivity contribution in [3.05, 3.63) is 88.2 Å². The van der Waals surface area contributed by atoms with Crippen molar-refractivity contribution in [1.82, 2.24) is 9.73 Å². The van der Waals surface area contributed by atoms with E-state index in [9.17, 15) is 17.6 Å². The first-order valence-corrected chi connectivity index (χ1v) is 12.5. The fraction of sp³-hybridized carbons (Fsp3) is 0.200. The number of benzene rings is 3. The van der Waals surface area contributed by atoms with E-state index < -0.39 is 34.8 Å². The van der Waals surface area contributed by atoms with Crippen LogP contribution in [0.25, 0.3) is 0 Å². The molecular weight excluding hydrogens is 509 g/mol. The van der Waals surface area contributed by atoms with Crippen LogP contribution in [0.5, 0.6) is 11.5 Å². The molecule has 0 unspecified atom stereocenters. The number of amides is 1. The SMILES string of the molecule is COc1ccc(OC)c(C=NNC(=O)CN(Cc2c(F)cccc2Cl)S(=O)(=O)c2ccc(C)cc2)c1. The number of methoxy groups -OCH3 is 2.